The third-order valence-electron chi connectivity index (χ3n) is 11.8. The Morgan fingerprint density at radius 2 is 1.46 bits per heavy atom. The van der Waals surface area contributed by atoms with Crippen molar-refractivity contribution in [3.63, 3.8) is 0 Å². The molecule has 2 unspecified atom stereocenters. The maximum absolute atomic E-state index is 6.06. The van der Waals surface area contributed by atoms with E-state index in [1.807, 2.05) is 12.1 Å². The van der Waals surface area contributed by atoms with Crippen molar-refractivity contribution in [2.75, 3.05) is 11.9 Å². The lowest BCUT2D eigenvalue weighted by Crippen LogP contribution is -2.45. The van der Waals surface area contributed by atoms with E-state index in [9.17, 15) is 0 Å². The SMILES string of the molecule is CN1c2c(ccc3ccc(-c4ccc(-c5ccc6oc7ccccc7c6c5)cc4)nc23)C=CC1C1(C)C=CC2=C(C1)C(C)(C)c1ccccc12. The number of fused-ring (bicyclic) bond motifs is 8. The van der Waals surface area contributed by atoms with Gasteiger partial charge in [-0.15, -0.1) is 0 Å². The Morgan fingerprint density at radius 3 is 2.34 bits per heavy atom. The molecule has 50 heavy (non-hydrogen) atoms. The fourth-order valence-corrected chi connectivity index (χ4v) is 9.07. The number of aromatic nitrogens is 1. The highest BCUT2D eigenvalue weighted by Gasteiger charge is 2.45. The van der Waals surface area contributed by atoms with Crippen LogP contribution >= 0.6 is 0 Å². The number of hydrogen-bond donors (Lipinski definition) is 0. The van der Waals surface area contributed by atoms with E-state index in [-0.39, 0.29) is 16.9 Å². The first-order valence-electron chi connectivity index (χ1n) is 17.7. The fraction of sp³-hybridized carbons (Fsp3) is 0.170. The quantitative estimate of drug-likeness (QED) is 0.191. The maximum atomic E-state index is 6.06. The minimum atomic E-state index is -0.0670. The first-order chi connectivity index (χ1) is 24.3. The van der Waals surface area contributed by atoms with Crippen LogP contribution in [0.2, 0.25) is 0 Å². The molecule has 3 heteroatoms. The molecular formula is C47H38N2O. The van der Waals surface area contributed by atoms with Crippen LogP contribution in [-0.4, -0.2) is 18.1 Å². The topological polar surface area (TPSA) is 29.3 Å². The van der Waals surface area contributed by atoms with Crippen molar-refractivity contribution in [2.24, 2.45) is 5.41 Å². The van der Waals surface area contributed by atoms with Gasteiger partial charge in [0.2, 0.25) is 0 Å². The average Bonchev–Trinajstić information content (AvgIpc) is 3.62. The highest BCUT2D eigenvalue weighted by molar-refractivity contribution is 6.06. The number of pyridine rings is 1. The summed E-state index contributed by atoms with van der Waals surface area (Å²) in [6, 6.07) is 41.5. The van der Waals surface area contributed by atoms with Gasteiger partial charge < -0.3 is 9.32 Å². The fourth-order valence-electron chi connectivity index (χ4n) is 9.07. The normalized spacial score (nSPS) is 20.5. The van der Waals surface area contributed by atoms with Gasteiger partial charge in [0, 0.05) is 39.6 Å². The molecule has 0 radical (unpaired) electrons. The van der Waals surface area contributed by atoms with Crippen LogP contribution in [0.25, 0.3) is 66.9 Å². The van der Waals surface area contributed by atoms with E-state index in [1.165, 1.54) is 39.1 Å². The van der Waals surface area contributed by atoms with Gasteiger partial charge in [0.05, 0.1) is 22.9 Å². The average molecular weight is 647 g/mol. The molecule has 0 saturated heterocycles. The highest BCUT2D eigenvalue weighted by Crippen LogP contribution is 2.55. The van der Waals surface area contributed by atoms with Crippen molar-refractivity contribution in [1.82, 2.24) is 4.98 Å². The standard InChI is InChI=1S/C47H38N2O/c1-46(2)38-11-7-5-9-34(38)35-25-26-47(3,28-39(35)46)43-24-21-32-18-17-31-19-22-40(48-44(31)45(32)49(43)4)30-15-13-29(14-16-30)33-20-23-42-37(27-33)36-10-6-8-12-41(36)50-42/h5-27,43H,28H2,1-4H3. The summed E-state index contributed by atoms with van der Waals surface area (Å²) in [6.45, 7) is 7.23. The van der Waals surface area contributed by atoms with Crippen molar-refractivity contribution in [2.45, 2.75) is 38.6 Å². The highest BCUT2D eigenvalue weighted by atomic mass is 16.3. The van der Waals surface area contributed by atoms with Crippen LogP contribution in [0, 0.1) is 5.41 Å². The Bertz CT molecular complexity index is 2630. The van der Waals surface area contributed by atoms with Crippen LogP contribution in [0.3, 0.4) is 0 Å². The zero-order valence-electron chi connectivity index (χ0n) is 28.9. The van der Waals surface area contributed by atoms with Crippen LogP contribution in [0.1, 0.15) is 43.9 Å². The van der Waals surface area contributed by atoms with Crippen LogP contribution in [-0.2, 0) is 5.41 Å². The van der Waals surface area contributed by atoms with Crippen molar-refractivity contribution in [3.05, 3.63) is 156 Å². The molecule has 2 aliphatic carbocycles. The summed E-state index contributed by atoms with van der Waals surface area (Å²) >= 11 is 0. The Kier molecular flexibility index (Phi) is 6.10. The number of likely N-dealkylation sites (N-methyl/N-ethyl adjacent to an activating group) is 1. The number of para-hydroxylation sites is 1. The van der Waals surface area contributed by atoms with Gasteiger partial charge in [-0.25, -0.2) is 4.98 Å². The molecule has 242 valence electrons. The number of anilines is 1. The Labute approximate surface area is 292 Å². The van der Waals surface area contributed by atoms with Gasteiger partial charge in [-0.1, -0.05) is 142 Å². The van der Waals surface area contributed by atoms with Gasteiger partial charge in [0.15, 0.2) is 0 Å². The molecule has 2 aromatic heterocycles. The molecule has 0 amide bonds. The second-order valence-corrected chi connectivity index (χ2v) is 15.2. The van der Waals surface area contributed by atoms with E-state index in [1.54, 1.807) is 5.57 Å². The van der Waals surface area contributed by atoms with Crippen molar-refractivity contribution in [3.8, 4) is 22.4 Å². The van der Waals surface area contributed by atoms with Gasteiger partial charge in [-0.3, -0.25) is 0 Å². The Morgan fingerprint density at radius 1 is 0.720 bits per heavy atom. The molecule has 5 aromatic carbocycles. The third-order valence-corrected chi connectivity index (χ3v) is 11.8. The van der Waals surface area contributed by atoms with Crippen molar-refractivity contribution < 1.29 is 4.42 Å². The summed E-state index contributed by atoms with van der Waals surface area (Å²) in [6.07, 6.45) is 10.6. The lowest BCUT2D eigenvalue weighted by molar-refractivity contribution is 0.347. The Balaban J connectivity index is 0.981. The van der Waals surface area contributed by atoms with E-state index in [0.717, 1.165) is 50.5 Å². The lowest BCUT2D eigenvalue weighted by atomic mass is 9.67. The minimum Gasteiger partial charge on any atom is -0.456 e. The van der Waals surface area contributed by atoms with Gasteiger partial charge in [-0.05, 0) is 64.1 Å². The molecule has 0 N–H and O–H groups in total. The number of furan rings is 1. The van der Waals surface area contributed by atoms with Crippen LogP contribution in [0.4, 0.5) is 5.69 Å². The van der Waals surface area contributed by atoms with E-state index in [0.29, 0.717) is 0 Å². The van der Waals surface area contributed by atoms with Gasteiger partial charge in [-0.2, -0.15) is 0 Å². The van der Waals surface area contributed by atoms with E-state index in [2.05, 4.69) is 160 Å². The molecule has 7 aromatic rings. The molecule has 3 aliphatic rings. The first-order valence-corrected chi connectivity index (χ1v) is 17.7. The predicted molar refractivity (Wildman–Crippen MR) is 209 cm³/mol. The monoisotopic (exact) mass is 646 g/mol. The Hall–Kier alpha value is -5.67. The smallest absolute Gasteiger partial charge is 0.135 e. The molecule has 3 nitrogen and oxygen atoms in total. The molecule has 1 aliphatic heterocycles. The number of hydrogen-bond acceptors (Lipinski definition) is 3. The molecule has 10 rings (SSSR count). The van der Waals surface area contributed by atoms with Gasteiger partial charge in [0.1, 0.15) is 11.2 Å². The second-order valence-electron chi connectivity index (χ2n) is 15.2. The largest absolute Gasteiger partial charge is 0.456 e. The van der Waals surface area contributed by atoms with E-state index in [4.69, 9.17) is 9.40 Å². The molecular weight excluding hydrogens is 609 g/mol. The van der Waals surface area contributed by atoms with Gasteiger partial charge in [0.25, 0.3) is 0 Å². The summed E-state index contributed by atoms with van der Waals surface area (Å²) in [7, 11) is 2.26. The zero-order chi connectivity index (χ0) is 33.8. The summed E-state index contributed by atoms with van der Waals surface area (Å²) in [5.41, 5.74) is 15.5. The predicted octanol–water partition coefficient (Wildman–Crippen LogP) is 12.0. The summed E-state index contributed by atoms with van der Waals surface area (Å²) < 4.78 is 6.06. The van der Waals surface area contributed by atoms with Crippen molar-refractivity contribution in [1.29, 1.82) is 0 Å². The summed E-state index contributed by atoms with van der Waals surface area (Å²) in [5, 5.41) is 3.45. The summed E-state index contributed by atoms with van der Waals surface area (Å²) in [4.78, 5) is 7.85. The number of allylic oxidation sites excluding steroid dienone is 3. The third kappa shape index (κ3) is 4.19. The van der Waals surface area contributed by atoms with E-state index < -0.39 is 0 Å². The number of benzene rings is 5. The molecule has 0 saturated carbocycles. The van der Waals surface area contributed by atoms with Crippen molar-refractivity contribution >= 4 is 50.2 Å². The van der Waals surface area contributed by atoms with Crippen LogP contribution in [0.15, 0.2) is 143 Å². The number of nitrogens with zero attached hydrogens (tertiary/aromatic N) is 2. The lowest BCUT2D eigenvalue weighted by Gasteiger charge is -2.46. The van der Waals surface area contributed by atoms with Crippen LogP contribution < -0.4 is 4.90 Å². The van der Waals surface area contributed by atoms with Crippen LogP contribution in [0.5, 0.6) is 0 Å². The molecule has 0 spiro atoms. The molecule has 3 heterocycles. The molecule has 0 fully saturated rings. The molecule has 2 atom stereocenters. The van der Waals surface area contributed by atoms with E-state index >= 15 is 0 Å². The van der Waals surface area contributed by atoms with Gasteiger partial charge >= 0.3 is 0 Å². The minimum absolute atomic E-state index is 0.0197. The first kappa shape index (κ1) is 29.3. The summed E-state index contributed by atoms with van der Waals surface area (Å²) in [5.74, 6) is 0. The molecule has 0 bridgehead atoms. The zero-order valence-corrected chi connectivity index (χ0v) is 28.9. The number of rotatable bonds is 3. The maximum Gasteiger partial charge on any atom is 0.135 e. The second kappa shape index (κ2) is 10.4.